The summed E-state index contributed by atoms with van der Waals surface area (Å²) in [6.07, 6.45) is 1.83. The number of amides is 1. The Morgan fingerprint density at radius 3 is 2.61 bits per heavy atom. The Hall–Kier alpha value is -3.47. The van der Waals surface area contributed by atoms with Gasteiger partial charge in [-0.1, -0.05) is 53.8 Å². The van der Waals surface area contributed by atoms with Crippen LogP contribution in [0, 0.1) is 0 Å². The average molecular weight is 524 g/mol. The molecule has 3 aromatic carbocycles. The topological polar surface area (TPSA) is 106 Å². The summed E-state index contributed by atoms with van der Waals surface area (Å²) in [6, 6.07) is 20.7. The first-order valence-corrected chi connectivity index (χ1v) is 13.9. The summed E-state index contributed by atoms with van der Waals surface area (Å²) in [5, 5.41) is 2.83. The van der Waals surface area contributed by atoms with Crippen molar-refractivity contribution in [1.29, 1.82) is 0 Å². The van der Waals surface area contributed by atoms with Gasteiger partial charge in [-0.2, -0.15) is 0 Å². The van der Waals surface area contributed by atoms with Crippen molar-refractivity contribution in [3.05, 3.63) is 93.6 Å². The van der Waals surface area contributed by atoms with Crippen molar-refractivity contribution in [3.63, 3.8) is 0 Å². The van der Waals surface area contributed by atoms with Gasteiger partial charge >= 0.3 is 4.87 Å². The summed E-state index contributed by atoms with van der Waals surface area (Å²) in [7, 11) is -4.01. The molecule has 0 bridgehead atoms. The zero-order valence-electron chi connectivity index (χ0n) is 19.3. The molecule has 1 saturated heterocycles. The summed E-state index contributed by atoms with van der Waals surface area (Å²) < 4.78 is 36.7. The molecule has 0 radical (unpaired) electrons. The summed E-state index contributed by atoms with van der Waals surface area (Å²) in [4.78, 5) is 25.3. The molecular weight excluding hydrogens is 498 g/mol. The maximum Gasteiger partial charge on any atom is 0.308 e. The van der Waals surface area contributed by atoms with Crippen LogP contribution >= 0.6 is 11.3 Å². The quantitative estimate of drug-likeness (QED) is 0.365. The van der Waals surface area contributed by atoms with Crippen LogP contribution in [0.3, 0.4) is 0 Å². The van der Waals surface area contributed by atoms with E-state index in [9.17, 15) is 18.0 Å². The van der Waals surface area contributed by atoms with Crippen molar-refractivity contribution in [3.8, 4) is 0 Å². The van der Waals surface area contributed by atoms with E-state index in [4.69, 9.17) is 4.74 Å². The largest absolute Gasteiger partial charge is 0.376 e. The van der Waals surface area contributed by atoms with Gasteiger partial charge in [-0.05, 0) is 48.7 Å². The van der Waals surface area contributed by atoms with E-state index in [0.29, 0.717) is 29.9 Å². The van der Waals surface area contributed by atoms with Gasteiger partial charge in [0.25, 0.3) is 15.9 Å². The number of sulfonamides is 1. The second-order valence-electron chi connectivity index (χ2n) is 8.57. The maximum absolute atomic E-state index is 13.2. The second kappa shape index (κ2) is 10.3. The number of aromatic nitrogens is 1. The van der Waals surface area contributed by atoms with Crippen LogP contribution in [0.4, 0.5) is 5.69 Å². The molecular formula is C26H25N3O5S2. The Morgan fingerprint density at radius 2 is 1.83 bits per heavy atom. The van der Waals surface area contributed by atoms with E-state index < -0.39 is 10.0 Å². The van der Waals surface area contributed by atoms with E-state index in [0.717, 1.165) is 29.7 Å². The van der Waals surface area contributed by atoms with E-state index in [2.05, 4.69) is 10.0 Å². The molecule has 8 nitrogen and oxygen atoms in total. The molecule has 5 rings (SSSR count). The number of para-hydroxylation sites is 1. The average Bonchev–Trinajstić information content (AvgIpc) is 3.51. The number of fused-ring (bicyclic) bond motifs is 1. The zero-order chi connectivity index (χ0) is 25.1. The van der Waals surface area contributed by atoms with Gasteiger partial charge in [0.15, 0.2) is 0 Å². The highest BCUT2D eigenvalue weighted by atomic mass is 32.2. The highest BCUT2D eigenvalue weighted by Gasteiger charge is 2.22. The van der Waals surface area contributed by atoms with Gasteiger partial charge in [-0.15, -0.1) is 0 Å². The highest BCUT2D eigenvalue weighted by molar-refractivity contribution is 7.92. The number of thiazole rings is 1. The first kappa shape index (κ1) is 24.2. The molecule has 2 N–H and O–H groups in total. The maximum atomic E-state index is 13.2. The Labute approximate surface area is 212 Å². The lowest BCUT2D eigenvalue weighted by Crippen LogP contribution is -2.32. The molecule has 2 heterocycles. The molecule has 1 amide bonds. The lowest BCUT2D eigenvalue weighted by atomic mass is 10.1. The summed E-state index contributed by atoms with van der Waals surface area (Å²) in [5.41, 5.74) is 2.05. The third kappa shape index (κ3) is 5.20. The van der Waals surface area contributed by atoms with Crippen LogP contribution in [-0.2, 0) is 21.3 Å². The number of hydrogen-bond acceptors (Lipinski definition) is 6. The van der Waals surface area contributed by atoms with Crippen LogP contribution in [0.5, 0.6) is 0 Å². The molecule has 186 valence electrons. The highest BCUT2D eigenvalue weighted by Crippen LogP contribution is 2.25. The molecule has 1 atom stereocenters. The molecule has 4 aromatic rings. The normalized spacial score (nSPS) is 15.7. The molecule has 0 saturated carbocycles. The smallest absolute Gasteiger partial charge is 0.308 e. The zero-order valence-corrected chi connectivity index (χ0v) is 21.0. The van der Waals surface area contributed by atoms with Crippen LogP contribution in [-0.4, -0.2) is 38.1 Å². The molecule has 0 spiro atoms. The number of benzene rings is 3. The molecule has 10 heteroatoms. The molecule has 36 heavy (non-hydrogen) atoms. The fourth-order valence-electron chi connectivity index (χ4n) is 4.21. The minimum absolute atomic E-state index is 0.0117. The van der Waals surface area contributed by atoms with Gasteiger partial charge < -0.3 is 10.1 Å². The number of anilines is 1. The number of nitrogens with zero attached hydrogens (tertiary/aromatic N) is 1. The SMILES string of the molecule is O=C(NC[C@@H]1CCCO1)c1ccccc1NS(=O)(=O)c1ccc2c(c1)sc(=O)n2Cc1ccccc1. The van der Waals surface area contributed by atoms with E-state index >= 15 is 0 Å². The van der Waals surface area contributed by atoms with Crippen molar-refractivity contribution in [2.24, 2.45) is 0 Å². The Morgan fingerprint density at radius 1 is 1.06 bits per heavy atom. The Kier molecular flexibility index (Phi) is 6.90. The number of hydrogen-bond donors (Lipinski definition) is 2. The predicted molar refractivity (Wildman–Crippen MR) is 140 cm³/mol. The number of rotatable bonds is 8. The Bertz CT molecular complexity index is 1560. The number of carbonyl (C=O) groups excluding carboxylic acids is 1. The lowest BCUT2D eigenvalue weighted by Gasteiger charge is -2.14. The van der Waals surface area contributed by atoms with Crippen LogP contribution in [0.2, 0.25) is 0 Å². The van der Waals surface area contributed by atoms with Crippen LogP contribution in [0.15, 0.2) is 82.5 Å². The van der Waals surface area contributed by atoms with Crippen molar-refractivity contribution in [2.75, 3.05) is 17.9 Å². The molecule has 1 fully saturated rings. The second-order valence-corrected chi connectivity index (χ2v) is 11.2. The standard InChI is InChI=1S/C26H25N3O5S2/c30-25(27-16-19-9-6-14-34-19)21-10-4-5-11-22(21)28-36(32,33)20-12-13-23-24(15-20)35-26(31)29(23)17-18-7-2-1-3-8-18/h1-5,7-8,10-13,15,19,28H,6,9,14,16-17H2,(H,27,30)/t19-/m0/s1. The van der Waals surface area contributed by atoms with Gasteiger partial charge in [0, 0.05) is 13.2 Å². The van der Waals surface area contributed by atoms with E-state index in [1.807, 2.05) is 30.3 Å². The minimum atomic E-state index is -4.01. The van der Waals surface area contributed by atoms with Gasteiger partial charge in [-0.3, -0.25) is 18.9 Å². The van der Waals surface area contributed by atoms with E-state index in [-0.39, 0.29) is 33.0 Å². The number of carbonyl (C=O) groups is 1. The van der Waals surface area contributed by atoms with Gasteiger partial charge in [0.2, 0.25) is 0 Å². The molecule has 0 unspecified atom stereocenters. The number of nitrogens with one attached hydrogen (secondary N) is 2. The summed E-state index contributed by atoms with van der Waals surface area (Å²) >= 11 is 1.00. The fraction of sp³-hybridized carbons (Fsp3) is 0.231. The molecule has 1 aromatic heterocycles. The lowest BCUT2D eigenvalue weighted by molar-refractivity contribution is 0.0858. The van der Waals surface area contributed by atoms with Crippen LogP contribution in [0.1, 0.15) is 28.8 Å². The van der Waals surface area contributed by atoms with E-state index in [1.54, 1.807) is 34.9 Å². The van der Waals surface area contributed by atoms with Crippen LogP contribution in [0.25, 0.3) is 10.2 Å². The summed E-state index contributed by atoms with van der Waals surface area (Å²) in [6.45, 7) is 1.46. The monoisotopic (exact) mass is 523 g/mol. The molecule has 1 aliphatic rings. The molecule has 0 aliphatic carbocycles. The van der Waals surface area contributed by atoms with Crippen molar-refractivity contribution < 1.29 is 17.9 Å². The first-order valence-electron chi connectivity index (χ1n) is 11.6. The van der Waals surface area contributed by atoms with Crippen molar-refractivity contribution >= 4 is 43.2 Å². The van der Waals surface area contributed by atoms with Gasteiger partial charge in [0.1, 0.15) is 0 Å². The predicted octanol–water partition coefficient (Wildman–Crippen LogP) is 3.82. The summed E-state index contributed by atoms with van der Waals surface area (Å²) in [5.74, 6) is -0.379. The van der Waals surface area contributed by atoms with E-state index in [1.165, 1.54) is 12.1 Å². The third-order valence-corrected chi connectivity index (χ3v) is 8.37. The van der Waals surface area contributed by atoms with Crippen molar-refractivity contribution in [2.45, 2.75) is 30.4 Å². The van der Waals surface area contributed by atoms with Gasteiger partial charge in [-0.25, -0.2) is 8.42 Å². The third-order valence-electron chi connectivity index (χ3n) is 6.06. The Balaban J connectivity index is 1.38. The van der Waals surface area contributed by atoms with Crippen LogP contribution < -0.4 is 14.9 Å². The molecule has 1 aliphatic heterocycles. The van der Waals surface area contributed by atoms with Crippen molar-refractivity contribution in [1.82, 2.24) is 9.88 Å². The fourth-order valence-corrected chi connectivity index (χ4v) is 6.32. The van der Waals surface area contributed by atoms with Gasteiger partial charge in [0.05, 0.1) is 39.0 Å². The first-order chi connectivity index (χ1) is 17.4. The number of ether oxygens (including phenoxy) is 1. The minimum Gasteiger partial charge on any atom is -0.376 e.